The van der Waals surface area contributed by atoms with Crippen molar-refractivity contribution >= 4 is 17.2 Å². The monoisotopic (exact) mass is 270 g/mol. The van der Waals surface area contributed by atoms with Crippen LogP contribution in [0.5, 0.6) is 0 Å². The Bertz CT molecular complexity index is 472. The average Bonchev–Trinajstić information content (AvgIpc) is 2.64. The minimum absolute atomic E-state index is 0.0905. The lowest BCUT2D eigenvalue weighted by Gasteiger charge is -2.26. The molecule has 0 unspecified atom stereocenters. The number of aliphatic hydroxyl groups excluding tert-OH is 1. The number of hydrogen-bond acceptors (Lipinski definition) is 4. The van der Waals surface area contributed by atoms with E-state index in [4.69, 9.17) is 0 Å². The molecule has 2 N–H and O–H groups in total. The number of carbonyl (C=O) groups is 1. The molecule has 1 saturated carbocycles. The summed E-state index contributed by atoms with van der Waals surface area (Å²) in [7, 11) is 0. The van der Waals surface area contributed by atoms with E-state index in [-0.39, 0.29) is 29.5 Å². The maximum absolute atomic E-state index is 11.8. The molecule has 100 valence electrons. The molecule has 1 amide bonds. The predicted molar refractivity (Wildman–Crippen MR) is 69.7 cm³/mol. The van der Waals surface area contributed by atoms with E-state index >= 15 is 0 Å². The van der Waals surface area contributed by atoms with Gasteiger partial charge in [-0.3, -0.25) is 14.2 Å². The SMILES string of the molecule is Cc1csc(=O)n1CC(=O)NC1CCC(O)CC1. The molecule has 1 aromatic rings. The number of rotatable bonds is 3. The molecule has 18 heavy (non-hydrogen) atoms. The van der Waals surface area contributed by atoms with Crippen LogP contribution in [0.15, 0.2) is 10.2 Å². The van der Waals surface area contributed by atoms with Crippen molar-refractivity contribution in [1.29, 1.82) is 0 Å². The summed E-state index contributed by atoms with van der Waals surface area (Å²) in [6, 6.07) is 0.135. The van der Waals surface area contributed by atoms with Crippen LogP contribution in [0.25, 0.3) is 0 Å². The minimum atomic E-state index is -0.222. The number of aliphatic hydroxyl groups is 1. The van der Waals surface area contributed by atoms with E-state index < -0.39 is 0 Å². The molecule has 0 saturated heterocycles. The summed E-state index contributed by atoms with van der Waals surface area (Å²) in [4.78, 5) is 23.2. The smallest absolute Gasteiger partial charge is 0.307 e. The maximum Gasteiger partial charge on any atom is 0.307 e. The molecule has 0 bridgehead atoms. The van der Waals surface area contributed by atoms with Crippen LogP contribution in [0.1, 0.15) is 31.4 Å². The lowest BCUT2D eigenvalue weighted by Crippen LogP contribution is -2.41. The van der Waals surface area contributed by atoms with E-state index in [1.165, 1.54) is 4.57 Å². The lowest BCUT2D eigenvalue weighted by molar-refractivity contribution is -0.122. The molecule has 0 aromatic carbocycles. The Balaban J connectivity index is 1.88. The van der Waals surface area contributed by atoms with Crippen LogP contribution < -0.4 is 10.2 Å². The second-order valence-corrected chi connectivity index (χ2v) is 5.62. The van der Waals surface area contributed by atoms with Gasteiger partial charge in [-0.1, -0.05) is 11.3 Å². The van der Waals surface area contributed by atoms with Gasteiger partial charge in [0.15, 0.2) is 0 Å². The minimum Gasteiger partial charge on any atom is -0.393 e. The molecule has 1 fully saturated rings. The Morgan fingerprint density at radius 3 is 2.72 bits per heavy atom. The van der Waals surface area contributed by atoms with Crippen molar-refractivity contribution in [1.82, 2.24) is 9.88 Å². The first-order valence-corrected chi connectivity index (χ1v) is 7.06. The average molecular weight is 270 g/mol. The van der Waals surface area contributed by atoms with Crippen LogP contribution in [-0.2, 0) is 11.3 Å². The quantitative estimate of drug-likeness (QED) is 0.846. The summed E-state index contributed by atoms with van der Waals surface area (Å²) in [5.41, 5.74) is 0.819. The molecule has 1 aliphatic rings. The fourth-order valence-electron chi connectivity index (χ4n) is 2.23. The molecule has 0 spiro atoms. The van der Waals surface area contributed by atoms with Gasteiger partial charge in [-0.05, 0) is 32.6 Å². The maximum atomic E-state index is 11.8. The summed E-state index contributed by atoms with van der Waals surface area (Å²) >= 11 is 1.11. The second-order valence-electron chi connectivity index (χ2n) is 4.80. The highest BCUT2D eigenvalue weighted by Gasteiger charge is 2.21. The second kappa shape index (κ2) is 5.67. The van der Waals surface area contributed by atoms with Crippen molar-refractivity contribution in [3.05, 3.63) is 20.7 Å². The first kappa shape index (κ1) is 13.3. The Labute approximate surface area is 109 Å². The number of thiazole rings is 1. The summed E-state index contributed by atoms with van der Waals surface area (Å²) in [5, 5.41) is 14.1. The van der Waals surface area contributed by atoms with Gasteiger partial charge in [-0.15, -0.1) is 0 Å². The van der Waals surface area contributed by atoms with Gasteiger partial charge in [-0.25, -0.2) is 0 Å². The van der Waals surface area contributed by atoms with Crippen LogP contribution in [0.4, 0.5) is 0 Å². The normalized spacial score (nSPS) is 23.9. The van der Waals surface area contributed by atoms with Crippen LogP contribution >= 0.6 is 11.3 Å². The third kappa shape index (κ3) is 3.20. The molecule has 0 radical (unpaired) electrons. The standard InChI is InChI=1S/C12H18N2O3S/c1-8-7-18-12(17)14(8)6-11(16)13-9-2-4-10(15)5-3-9/h7,9-10,15H,2-6H2,1H3,(H,13,16). The Morgan fingerprint density at radius 1 is 1.50 bits per heavy atom. The zero-order valence-corrected chi connectivity index (χ0v) is 11.2. The molecular weight excluding hydrogens is 252 g/mol. The van der Waals surface area contributed by atoms with Crippen LogP contribution in [0.3, 0.4) is 0 Å². The van der Waals surface area contributed by atoms with Gasteiger partial charge in [0.2, 0.25) is 5.91 Å². The number of aryl methyl sites for hydroxylation is 1. The fraction of sp³-hybridized carbons (Fsp3) is 0.667. The van der Waals surface area contributed by atoms with Crippen molar-refractivity contribution in [3.63, 3.8) is 0 Å². The number of nitrogens with zero attached hydrogens (tertiary/aromatic N) is 1. The van der Waals surface area contributed by atoms with E-state index in [9.17, 15) is 14.7 Å². The fourth-order valence-corrected chi connectivity index (χ4v) is 2.97. The molecule has 0 aliphatic heterocycles. The number of carbonyl (C=O) groups excluding carboxylic acids is 1. The van der Waals surface area contributed by atoms with Crippen molar-refractivity contribution < 1.29 is 9.90 Å². The topological polar surface area (TPSA) is 71.3 Å². The van der Waals surface area contributed by atoms with Crippen molar-refractivity contribution in [2.24, 2.45) is 0 Å². The van der Waals surface area contributed by atoms with Gasteiger partial charge in [0.05, 0.1) is 6.10 Å². The first-order valence-electron chi connectivity index (χ1n) is 6.18. The lowest BCUT2D eigenvalue weighted by atomic mass is 9.93. The highest BCUT2D eigenvalue weighted by atomic mass is 32.1. The molecule has 1 aromatic heterocycles. The van der Waals surface area contributed by atoms with Crippen LogP contribution in [0, 0.1) is 6.92 Å². The molecule has 6 heteroatoms. The largest absolute Gasteiger partial charge is 0.393 e. The zero-order chi connectivity index (χ0) is 13.1. The van der Waals surface area contributed by atoms with Gasteiger partial charge in [0.1, 0.15) is 6.54 Å². The van der Waals surface area contributed by atoms with E-state index in [1.807, 2.05) is 6.92 Å². The van der Waals surface area contributed by atoms with E-state index in [2.05, 4.69) is 5.32 Å². The summed E-state index contributed by atoms with van der Waals surface area (Å²) in [6.07, 6.45) is 2.87. The van der Waals surface area contributed by atoms with Gasteiger partial charge in [0.25, 0.3) is 0 Å². The first-order chi connectivity index (χ1) is 8.56. The van der Waals surface area contributed by atoms with Crippen molar-refractivity contribution in [2.45, 2.75) is 51.3 Å². The van der Waals surface area contributed by atoms with Crippen molar-refractivity contribution in [2.75, 3.05) is 0 Å². The Morgan fingerprint density at radius 2 is 2.17 bits per heavy atom. The Kier molecular flexibility index (Phi) is 4.19. The molecule has 2 rings (SSSR count). The highest BCUT2D eigenvalue weighted by Crippen LogP contribution is 2.18. The molecule has 1 heterocycles. The molecule has 1 aliphatic carbocycles. The molecule has 5 nitrogen and oxygen atoms in total. The Hall–Kier alpha value is -1.14. The van der Waals surface area contributed by atoms with Crippen LogP contribution in [0.2, 0.25) is 0 Å². The summed E-state index contributed by atoms with van der Waals surface area (Å²) in [6.45, 7) is 1.91. The van der Waals surface area contributed by atoms with Gasteiger partial charge in [-0.2, -0.15) is 0 Å². The third-order valence-corrected chi connectivity index (χ3v) is 4.22. The van der Waals surface area contributed by atoms with E-state index in [1.54, 1.807) is 5.38 Å². The summed E-state index contributed by atoms with van der Waals surface area (Å²) < 4.78 is 1.48. The van der Waals surface area contributed by atoms with E-state index in [0.717, 1.165) is 42.7 Å². The zero-order valence-electron chi connectivity index (χ0n) is 10.4. The third-order valence-electron chi connectivity index (χ3n) is 3.34. The predicted octanol–water partition coefficient (Wildman–Crippen LogP) is 0.638. The molecular formula is C12H18N2O3S. The van der Waals surface area contributed by atoms with E-state index in [0.29, 0.717) is 0 Å². The van der Waals surface area contributed by atoms with Gasteiger partial charge < -0.3 is 10.4 Å². The number of hydrogen-bond donors (Lipinski definition) is 2. The number of amides is 1. The van der Waals surface area contributed by atoms with Gasteiger partial charge in [0, 0.05) is 17.1 Å². The van der Waals surface area contributed by atoms with Crippen molar-refractivity contribution in [3.8, 4) is 0 Å². The number of aromatic nitrogens is 1. The molecule has 0 atom stereocenters. The van der Waals surface area contributed by atoms with Crippen LogP contribution in [-0.4, -0.2) is 27.7 Å². The highest BCUT2D eigenvalue weighted by molar-refractivity contribution is 7.07. The van der Waals surface area contributed by atoms with Gasteiger partial charge >= 0.3 is 4.87 Å². The number of nitrogens with one attached hydrogen (secondary N) is 1. The summed E-state index contributed by atoms with van der Waals surface area (Å²) in [5.74, 6) is -0.125.